The van der Waals surface area contributed by atoms with Gasteiger partial charge in [-0.05, 0) is 37.8 Å². The lowest BCUT2D eigenvalue weighted by Crippen LogP contribution is -2.54. The van der Waals surface area contributed by atoms with Gasteiger partial charge in [0.2, 0.25) is 5.91 Å². The lowest BCUT2D eigenvalue weighted by Gasteiger charge is -2.36. The first-order valence-electron chi connectivity index (χ1n) is 11.8. The van der Waals surface area contributed by atoms with E-state index in [9.17, 15) is 4.79 Å². The molecule has 0 atom stereocenters. The fraction of sp³-hybridized carbons (Fsp3) is 0.667. The molecule has 0 aliphatic carbocycles. The van der Waals surface area contributed by atoms with Crippen LogP contribution >= 0.6 is 24.0 Å². The molecule has 0 radical (unpaired) electrons. The molecule has 186 valence electrons. The monoisotopic (exact) mass is 573 g/mol. The molecule has 0 bridgehead atoms. The number of hydrogen-bond acceptors (Lipinski definition) is 5. The van der Waals surface area contributed by atoms with Gasteiger partial charge in [0, 0.05) is 59.0 Å². The van der Waals surface area contributed by atoms with Gasteiger partial charge < -0.3 is 25.0 Å². The van der Waals surface area contributed by atoms with Gasteiger partial charge in [0.1, 0.15) is 0 Å². The molecule has 1 aromatic rings. The predicted molar refractivity (Wildman–Crippen MR) is 142 cm³/mol. The summed E-state index contributed by atoms with van der Waals surface area (Å²) in [5.41, 5.74) is 2.40. The van der Waals surface area contributed by atoms with E-state index in [1.807, 2.05) is 20.9 Å². The van der Waals surface area contributed by atoms with Crippen LogP contribution in [0.25, 0.3) is 0 Å². The highest BCUT2D eigenvalue weighted by Gasteiger charge is 2.21. The molecule has 1 amide bonds. The predicted octanol–water partition coefficient (Wildman–Crippen LogP) is 2.22. The van der Waals surface area contributed by atoms with Crippen molar-refractivity contribution in [3.63, 3.8) is 0 Å². The average Bonchev–Trinajstić information content (AvgIpc) is 2.79. The van der Waals surface area contributed by atoms with Gasteiger partial charge in [0.15, 0.2) is 5.96 Å². The van der Waals surface area contributed by atoms with Crippen LogP contribution in [-0.2, 0) is 27.4 Å². The quantitative estimate of drug-likeness (QED) is 0.282. The minimum absolute atomic E-state index is 0. The second-order valence-corrected chi connectivity index (χ2v) is 8.83. The highest BCUT2D eigenvalue weighted by atomic mass is 127. The van der Waals surface area contributed by atoms with E-state index in [1.54, 1.807) is 0 Å². The maximum absolute atomic E-state index is 12.0. The Morgan fingerprint density at radius 3 is 2.55 bits per heavy atom. The molecule has 1 aromatic carbocycles. The summed E-state index contributed by atoms with van der Waals surface area (Å²) in [5, 5.41) is 6.45. The summed E-state index contributed by atoms with van der Waals surface area (Å²) < 4.78 is 11.5. The van der Waals surface area contributed by atoms with Crippen LogP contribution in [0.5, 0.6) is 0 Å². The van der Waals surface area contributed by atoms with E-state index in [1.165, 1.54) is 11.1 Å². The molecule has 0 saturated carbocycles. The third kappa shape index (κ3) is 9.76. The SMILES string of the molecule is CN=C(NCc1cccc(COC2CCOCC2)c1)N1CCN(CC(=O)NC(C)C)CC1.I. The maximum atomic E-state index is 12.0. The third-order valence-corrected chi connectivity index (χ3v) is 5.80. The minimum Gasteiger partial charge on any atom is -0.381 e. The van der Waals surface area contributed by atoms with Crippen LogP contribution in [0.1, 0.15) is 37.8 Å². The van der Waals surface area contributed by atoms with E-state index < -0.39 is 0 Å². The Labute approximate surface area is 215 Å². The molecule has 33 heavy (non-hydrogen) atoms. The lowest BCUT2D eigenvalue weighted by atomic mass is 10.1. The molecule has 2 heterocycles. The van der Waals surface area contributed by atoms with Crippen molar-refractivity contribution < 1.29 is 14.3 Å². The number of nitrogens with zero attached hydrogens (tertiary/aromatic N) is 3. The smallest absolute Gasteiger partial charge is 0.234 e. The first kappa shape index (κ1) is 27.8. The molecule has 2 N–H and O–H groups in total. The van der Waals surface area contributed by atoms with Gasteiger partial charge in [0.05, 0.1) is 19.3 Å². The number of halogens is 1. The topological polar surface area (TPSA) is 78.4 Å². The van der Waals surface area contributed by atoms with Crippen molar-refractivity contribution in [2.75, 3.05) is 53.0 Å². The summed E-state index contributed by atoms with van der Waals surface area (Å²) in [6, 6.07) is 8.71. The molecule has 9 heteroatoms. The second kappa shape index (κ2) is 14.7. The number of aliphatic imine (C=N–C) groups is 1. The molecule has 2 fully saturated rings. The van der Waals surface area contributed by atoms with E-state index in [0.717, 1.165) is 64.7 Å². The van der Waals surface area contributed by atoms with Crippen LogP contribution in [0.15, 0.2) is 29.3 Å². The molecule has 0 unspecified atom stereocenters. The molecule has 8 nitrogen and oxygen atoms in total. The Kier molecular flexibility index (Phi) is 12.4. The number of amides is 1. The van der Waals surface area contributed by atoms with Crippen molar-refractivity contribution in [1.29, 1.82) is 0 Å². The normalized spacial score (nSPS) is 18.2. The van der Waals surface area contributed by atoms with Crippen LogP contribution in [-0.4, -0.2) is 86.8 Å². The molecule has 2 saturated heterocycles. The Balaban J connectivity index is 0.00000385. The molecule has 2 aliphatic heterocycles. The number of guanidine groups is 1. The van der Waals surface area contributed by atoms with Crippen LogP contribution in [0.2, 0.25) is 0 Å². The van der Waals surface area contributed by atoms with E-state index in [2.05, 4.69) is 49.7 Å². The summed E-state index contributed by atoms with van der Waals surface area (Å²) in [6.45, 7) is 10.8. The van der Waals surface area contributed by atoms with Gasteiger partial charge in [0.25, 0.3) is 0 Å². The fourth-order valence-electron chi connectivity index (χ4n) is 4.09. The zero-order chi connectivity index (χ0) is 22.8. The third-order valence-electron chi connectivity index (χ3n) is 5.80. The van der Waals surface area contributed by atoms with Crippen LogP contribution in [0, 0.1) is 0 Å². The number of rotatable bonds is 8. The van der Waals surface area contributed by atoms with Crippen molar-refractivity contribution in [2.45, 2.75) is 52.0 Å². The molecule has 2 aliphatic rings. The van der Waals surface area contributed by atoms with Gasteiger partial charge in [-0.3, -0.25) is 14.7 Å². The Hall–Kier alpha value is -1.43. The number of ether oxygens (including phenoxy) is 2. The summed E-state index contributed by atoms with van der Waals surface area (Å²) in [7, 11) is 1.82. The van der Waals surface area contributed by atoms with Gasteiger partial charge in [-0.1, -0.05) is 24.3 Å². The number of carbonyl (C=O) groups is 1. The highest BCUT2D eigenvalue weighted by Crippen LogP contribution is 2.14. The second-order valence-electron chi connectivity index (χ2n) is 8.83. The van der Waals surface area contributed by atoms with Crippen molar-refractivity contribution in [3.05, 3.63) is 35.4 Å². The first-order chi connectivity index (χ1) is 15.5. The zero-order valence-corrected chi connectivity index (χ0v) is 22.5. The van der Waals surface area contributed by atoms with Crippen molar-refractivity contribution in [1.82, 2.24) is 20.4 Å². The van der Waals surface area contributed by atoms with Crippen LogP contribution < -0.4 is 10.6 Å². The Bertz CT molecular complexity index is 747. The standard InChI is InChI=1S/C24H39N5O3.HI/c1-19(2)27-23(30)17-28-9-11-29(12-10-28)24(25-3)26-16-20-5-4-6-21(15-20)18-32-22-7-13-31-14-8-22;/h4-6,15,19,22H,7-14,16-18H2,1-3H3,(H,25,26)(H,27,30);1H. The zero-order valence-electron chi connectivity index (χ0n) is 20.2. The number of nitrogens with one attached hydrogen (secondary N) is 2. The summed E-state index contributed by atoms with van der Waals surface area (Å²) in [4.78, 5) is 20.9. The Morgan fingerprint density at radius 1 is 1.18 bits per heavy atom. The Morgan fingerprint density at radius 2 is 1.88 bits per heavy atom. The summed E-state index contributed by atoms with van der Waals surface area (Å²) >= 11 is 0. The lowest BCUT2D eigenvalue weighted by molar-refractivity contribution is -0.123. The van der Waals surface area contributed by atoms with Crippen LogP contribution in [0.3, 0.4) is 0 Å². The number of carbonyl (C=O) groups excluding carboxylic acids is 1. The minimum atomic E-state index is 0. The molecular formula is C24H40IN5O3. The highest BCUT2D eigenvalue weighted by molar-refractivity contribution is 14.0. The van der Waals surface area contributed by atoms with Crippen molar-refractivity contribution in [3.8, 4) is 0 Å². The number of piperazine rings is 1. The van der Waals surface area contributed by atoms with Crippen molar-refractivity contribution >= 4 is 35.8 Å². The van der Waals surface area contributed by atoms with Crippen molar-refractivity contribution in [2.24, 2.45) is 4.99 Å². The first-order valence-corrected chi connectivity index (χ1v) is 11.8. The molecule has 3 rings (SSSR count). The van der Waals surface area contributed by atoms with Gasteiger partial charge in [-0.2, -0.15) is 0 Å². The van der Waals surface area contributed by atoms with E-state index in [0.29, 0.717) is 19.3 Å². The maximum Gasteiger partial charge on any atom is 0.234 e. The molecule has 0 aromatic heterocycles. The largest absolute Gasteiger partial charge is 0.381 e. The van der Waals surface area contributed by atoms with E-state index in [-0.39, 0.29) is 35.9 Å². The van der Waals surface area contributed by atoms with Gasteiger partial charge in [-0.15, -0.1) is 24.0 Å². The fourth-order valence-corrected chi connectivity index (χ4v) is 4.09. The van der Waals surface area contributed by atoms with E-state index in [4.69, 9.17) is 9.47 Å². The summed E-state index contributed by atoms with van der Waals surface area (Å²) in [6.07, 6.45) is 2.26. The average molecular weight is 574 g/mol. The van der Waals surface area contributed by atoms with E-state index >= 15 is 0 Å². The summed E-state index contributed by atoms with van der Waals surface area (Å²) in [5.74, 6) is 0.997. The molecular weight excluding hydrogens is 533 g/mol. The number of hydrogen-bond donors (Lipinski definition) is 2. The van der Waals surface area contributed by atoms with Gasteiger partial charge >= 0.3 is 0 Å². The van der Waals surface area contributed by atoms with Gasteiger partial charge in [-0.25, -0.2) is 0 Å². The number of benzene rings is 1. The van der Waals surface area contributed by atoms with Crippen LogP contribution in [0.4, 0.5) is 0 Å². The molecule has 0 spiro atoms.